The first kappa shape index (κ1) is 23.5. The average molecular weight is 519 g/mol. The molecule has 1 heterocycles. The van der Waals surface area contributed by atoms with Crippen molar-refractivity contribution in [2.75, 3.05) is 5.32 Å². The van der Waals surface area contributed by atoms with Gasteiger partial charge in [0.1, 0.15) is 17.3 Å². The summed E-state index contributed by atoms with van der Waals surface area (Å²) in [6, 6.07) is 26.9. The number of nitrogens with one attached hydrogen (secondary N) is 1. The Balaban J connectivity index is 1.42. The molecule has 5 aromatic rings. The molecule has 36 heavy (non-hydrogen) atoms. The van der Waals surface area contributed by atoms with E-state index in [1.807, 2.05) is 30.3 Å². The molecule has 0 aliphatic heterocycles. The molecule has 0 spiro atoms. The SMILES string of the molecule is O=C(Nc1ccc(Oc2ccccc2)cc1)c1nc(-c2ccc(F)cc2)n(-c2ccc(Cl)c(Cl)c2)n1. The van der Waals surface area contributed by atoms with Crippen LogP contribution < -0.4 is 10.1 Å². The fraction of sp³-hybridized carbons (Fsp3) is 0. The van der Waals surface area contributed by atoms with Gasteiger partial charge >= 0.3 is 0 Å². The first-order valence-electron chi connectivity index (χ1n) is 10.8. The molecule has 0 aliphatic carbocycles. The Hall–Kier alpha value is -4.20. The van der Waals surface area contributed by atoms with Crippen molar-refractivity contribution in [3.8, 4) is 28.6 Å². The van der Waals surface area contributed by atoms with Gasteiger partial charge in [-0.05, 0) is 78.9 Å². The Labute approximate surface area is 215 Å². The summed E-state index contributed by atoms with van der Waals surface area (Å²) in [6.07, 6.45) is 0. The molecule has 9 heteroatoms. The minimum absolute atomic E-state index is 0.0787. The highest BCUT2D eigenvalue weighted by Gasteiger charge is 2.20. The zero-order valence-electron chi connectivity index (χ0n) is 18.5. The highest BCUT2D eigenvalue weighted by molar-refractivity contribution is 6.42. The second kappa shape index (κ2) is 10.2. The number of ether oxygens (including phenoxy) is 1. The van der Waals surface area contributed by atoms with E-state index in [1.165, 1.54) is 16.8 Å². The van der Waals surface area contributed by atoms with Crippen molar-refractivity contribution in [1.29, 1.82) is 0 Å². The second-order valence-electron chi connectivity index (χ2n) is 7.67. The van der Waals surface area contributed by atoms with Crippen LogP contribution >= 0.6 is 23.2 Å². The molecule has 0 saturated heterocycles. The number of rotatable bonds is 6. The summed E-state index contributed by atoms with van der Waals surface area (Å²) in [6.45, 7) is 0. The monoisotopic (exact) mass is 518 g/mol. The molecule has 4 aromatic carbocycles. The van der Waals surface area contributed by atoms with Crippen LogP contribution in [0.25, 0.3) is 17.1 Å². The van der Waals surface area contributed by atoms with Crippen LogP contribution in [0, 0.1) is 5.82 Å². The van der Waals surface area contributed by atoms with Crippen molar-refractivity contribution in [2.24, 2.45) is 0 Å². The lowest BCUT2D eigenvalue weighted by Crippen LogP contribution is -2.14. The van der Waals surface area contributed by atoms with Crippen molar-refractivity contribution < 1.29 is 13.9 Å². The molecule has 0 aliphatic rings. The number of hydrogen-bond acceptors (Lipinski definition) is 4. The molecule has 0 fully saturated rings. The summed E-state index contributed by atoms with van der Waals surface area (Å²) in [5, 5.41) is 7.87. The van der Waals surface area contributed by atoms with Gasteiger partial charge in [0.15, 0.2) is 5.82 Å². The predicted octanol–water partition coefficient (Wildman–Crippen LogP) is 7.42. The number of benzene rings is 4. The fourth-order valence-electron chi connectivity index (χ4n) is 3.41. The molecule has 178 valence electrons. The lowest BCUT2D eigenvalue weighted by Gasteiger charge is -2.07. The molecule has 0 radical (unpaired) electrons. The summed E-state index contributed by atoms with van der Waals surface area (Å²) in [7, 11) is 0. The van der Waals surface area contributed by atoms with Gasteiger partial charge in [0.25, 0.3) is 5.91 Å². The molecule has 0 saturated carbocycles. The molecule has 1 N–H and O–H groups in total. The highest BCUT2D eigenvalue weighted by atomic mass is 35.5. The standard InChI is InChI=1S/C27H17Cl2FN4O2/c28-23-15-12-20(16-24(23)29)34-26(17-6-8-18(30)9-7-17)32-25(33-34)27(35)31-19-10-13-22(14-11-19)36-21-4-2-1-3-5-21/h1-16H,(H,31,35). The summed E-state index contributed by atoms with van der Waals surface area (Å²) < 4.78 is 20.7. The lowest BCUT2D eigenvalue weighted by atomic mass is 10.2. The van der Waals surface area contributed by atoms with E-state index in [4.69, 9.17) is 27.9 Å². The Morgan fingerprint density at radius 1 is 0.833 bits per heavy atom. The van der Waals surface area contributed by atoms with E-state index in [0.717, 1.165) is 0 Å². The number of para-hydroxylation sites is 1. The maximum atomic E-state index is 13.5. The van der Waals surface area contributed by atoms with Crippen molar-refractivity contribution in [2.45, 2.75) is 0 Å². The Kier molecular flexibility index (Phi) is 6.66. The van der Waals surface area contributed by atoms with Gasteiger partial charge in [-0.25, -0.2) is 14.1 Å². The molecule has 1 aromatic heterocycles. The van der Waals surface area contributed by atoms with Crippen molar-refractivity contribution >= 4 is 34.8 Å². The molecule has 6 nitrogen and oxygen atoms in total. The minimum atomic E-state index is -0.520. The zero-order valence-corrected chi connectivity index (χ0v) is 20.0. The number of halogens is 3. The fourth-order valence-corrected chi connectivity index (χ4v) is 3.70. The maximum Gasteiger partial charge on any atom is 0.295 e. The van der Waals surface area contributed by atoms with E-state index in [9.17, 15) is 9.18 Å². The van der Waals surface area contributed by atoms with Gasteiger partial charge < -0.3 is 10.1 Å². The molecular formula is C27H17Cl2FN4O2. The van der Waals surface area contributed by atoms with Gasteiger partial charge in [-0.2, -0.15) is 0 Å². The second-order valence-corrected chi connectivity index (χ2v) is 8.48. The van der Waals surface area contributed by atoms with E-state index in [2.05, 4.69) is 15.4 Å². The summed E-state index contributed by atoms with van der Waals surface area (Å²) >= 11 is 12.2. The van der Waals surface area contributed by atoms with E-state index in [-0.39, 0.29) is 5.82 Å². The van der Waals surface area contributed by atoms with Crippen molar-refractivity contribution in [1.82, 2.24) is 14.8 Å². The van der Waals surface area contributed by atoms with Crippen LogP contribution in [0.5, 0.6) is 11.5 Å². The lowest BCUT2D eigenvalue weighted by molar-refractivity contribution is 0.101. The molecule has 0 unspecified atom stereocenters. The quantitative estimate of drug-likeness (QED) is 0.253. The third-order valence-corrected chi connectivity index (χ3v) is 5.89. The molecule has 5 rings (SSSR count). The van der Waals surface area contributed by atoms with Crippen LogP contribution in [-0.4, -0.2) is 20.7 Å². The van der Waals surface area contributed by atoms with Crippen LogP contribution in [0.1, 0.15) is 10.6 Å². The molecule has 1 amide bonds. The minimum Gasteiger partial charge on any atom is -0.457 e. The Bertz CT molecular complexity index is 1520. The van der Waals surface area contributed by atoms with E-state index in [1.54, 1.807) is 54.6 Å². The first-order valence-corrected chi connectivity index (χ1v) is 11.5. The first-order chi connectivity index (χ1) is 17.5. The van der Waals surface area contributed by atoms with Gasteiger partial charge in [-0.15, -0.1) is 5.10 Å². The van der Waals surface area contributed by atoms with Crippen LogP contribution in [0.3, 0.4) is 0 Å². The van der Waals surface area contributed by atoms with Crippen LogP contribution in [0.15, 0.2) is 97.1 Å². The van der Waals surface area contributed by atoms with Gasteiger partial charge in [0.2, 0.25) is 5.82 Å². The van der Waals surface area contributed by atoms with Crippen LogP contribution in [0.4, 0.5) is 10.1 Å². The highest BCUT2D eigenvalue weighted by Crippen LogP contribution is 2.28. The number of carbonyl (C=O) groups is 1. The smallest absolute Gasteiger partial charge is 0.295 e. The Morgan fingerprint density at radius 2 is 1.53 bits per heavy atom. The summed E-state index contributed by atoms with van der Waals surface area (Å²) in [5.74, 6) is 0.681. The van der Waals surface area contributed by atoms with Gasteiger partial charge in [0, 0.05) is 11.3 Å². The average Bonchev–Trinajstić information content (AvgIpc) is 3.34. The molecule has 0 atom stereocenters. The number of nitrogens with zero attached hydrogens (tertiary/aromatic N) is 3. The number of amides is 1. The molecular weight excluding hydrogens is 502 g/mol. The van der Waals surface area contributed by atoms with Gasteiger partial charge in [-0.3, -0.25) is 4.79 Å². The van der Waals surface area contributed by atoms with E-state index in [0.29, 0.717) is 44.3 Å². The van der Waals surface area contributed by atoms with E-state index < -0.39 is 11.7 Å². The topological polar surface area (TPSA) is 69.0 Å². The third-order valence-electron chi connectivity index (χ3n) is 5.15. The van der Waals surface area contributed by atoms with Gasteiger partial charge in [-0.1, -0.05) is 41.4 Å². The zero-order chi connectivity index (χ0) is 25.1. The van der Waals surface area contributed by atoms with Crippen molar-refractivity contribution in [3.63, 3.8) is 0 Å². The van der Waals surface area contributed by atoms with Gasteiger partial charge in [0.05, 0.1) is 15.7 Å². The molecule has 0 bridgehead atoms. The normalized spacial score (nSPS) is 10.8. The predicted molar refractivity (Wildman–Crippen MR) is 138 cm³/mol. The number of aromatic nitrogens is 3. The number of carbonyl (C=O) groups excluding carboxylic acids is 1. The number of hydrogen-bond donors (Lipinski definition) is 1. The largest absolute Gasteiger partial charge is 0.457 e. The van der Waals surface area contributed by atoms with Crippen LogP contribution in [-0.2, 0) is 0 Å². The van der Waals surface area contributed by atoms with E-state index >= 15 is 0 Å². The van der Waals surface area contributed by atoms with Crippen molar-refractivity contribution in [3.05, 3.63) is 119 Å². The number of anilines is 1. The Morgan fingerprint density at radius 3 is 2.22 bits per heavy atom. The maximum absolute atomic E-state index is 13.5. The summed E-state index contributed by atoms with van der Waals surface area (Å²) in [5.41, 5.74) is 1.64. The van der Waals surface area contributed by atoms with Crippen LogP contribution in [0.2, 0.25) is 10.0 Å². The summed E-state index contributed by atoms with van der Waals surface area (Å²) in [4.78, 5) is 17.4. The third kappa shape index (κ3) is 5.22.